The molecule has 7 heteroatoms. The molecule has 3 rings (SSSR count). The second kappa shape index (κ2) is 8.35. The Hall–Kier alpha value is -3.35. The van der Waals surface area contributed by atoms with Gasteiger partial charge in [-0.15, -0.1) is 0 Å². The standard InChI is InChI=1S/C20H21N3O4/c1-27-17-9-5-7-15(13-17)22-20(26)19(25)21-14-6-4-8-16(12-14)23-11-3-2-10-18(23)24/h4-9,12-13H,2-3,10-11H2,1H3,(H,21,25)(H,22,26). The quantitative estimate of drug-likeness (QED) is 0.814. The van der Waals surface area contributed by atoms with Crippen LogP contribution in [0.15, 0.2) is 48.5 Å². The summed E-state index contributed by atoms with van der Waals surface area (Å²) in [6.07, 6.45) is 2.38. The highest BCUT2D eigenvalue weighted by Gasteiger charge is 2.20. The lowest BCUT2D eigenvalue weighted by Gasteiger charge is -2.27. The van der Waals surface area contributed by atoms with Crippen LogP contribution in [0.25, 0.3) is 0 Å². The van der Waals surface area contributed by atoms with Gasteiger partial charge in [0.2, 0.25) is 5.91 Å². The van der Waals surface area contributed by atoms with Gasteiger partial charge in [-0.2, -0.15) is 0 Å². The van der Waals surface area contributed by atoms with Crippen molar-refractivity contribution in [1.29, 1.82) is 0 Å². The molecule has 2 N–H and O–H groups in total. The lowest BCUT2D eigenvalue weighted by molar-refractivity contribution is -0.132. The van der Waals surface area contributed by atoms with Gasteiger partial charge < -0.3 is 20.3 Å². The zero-order valence-corrected chi connectivity index (χ0v) is 15.0. The van der Waals surface area contributed by atoms with Crippen LogP contribution in [0.4, 0.5) is 17.1 Å². The van der Waals surface area contributed by atoms with Crippen LogP contribution < -0.4 is 20.3 Å². The fraction of sp³-hybridized carbons (Fsp3) is 0.250. The minimum atomic E-state index is -0.792. The monoisotopic (exact) mass is 367 g/mol. The zero-order chi connectivity index (χ0) is 19.2. The van der Waals surface area contributed by atoms with Crippen molar-refractivity contribution in [3.05, 3.63) is 48.5 Å². The highest BCUT2D eigenvalue weighted by Crippen LogP contribution is 2.24. The summed E-state index contributed by atoms with van der Waals surface area (Å²) >= 11 is 0. The molecule has 0 radical (unpaired) electrons. The average molecular weight is 367 g/mol. The van der Waals surface area contributed by atoms with Gasteiger partial charge in [0, 0.05) is 36.1 Å². The maximum atomic E-state index is 12.2. The highest BCUT2D eigenvalue weighted by atomic mass is 16.5. The summed E-state index contributed by atoms with van der Waals surface area (Å²) in [5.74, 6) is -0.935. The first kappa shape index (κ1) is 18.4. The van der Waals surface area contributed by atoms with Gasteiger partial charge in [0.05, 0.1) is 7.11 Å². The molecular formula is C20H21N3O4. The van der Waals surface area contributed by atoms with Gasteiger partial charge in [0.1, 0.15) is 5.75 Å². The highest BCUT2D eigenvalue weighted by molar-refractivity contribution is 6.43. The van der Waals surface area contributed by atoms with Crippen LogP contribution in [-0.4, -0.2) is 31.4 Å². The molecule has 0 atom stereocenters. The van der Waals surface area contributed by atoms with Crippen molar-refractivity contribution < 1.29 is 19.1 Å². The summed E-state index contributed by atoms with van der Waals surface area (Å²) in [7, 11) is 1.52. The molecule has 2 aromatic rings. The van der Waals surface area contributed by atoms with Crippen LogP contribution in [0.5, 0.6) is 5.75 Å². The molecule has 7 nitrogen and oxygen atoms in total. The minimum absolute atomic E-state index is 0.0699. The van der Waals surface area contributed by atoms with Gasteiger partial charge in [-0.1, -0.05) is 12.1 Å². The Balaban J connectivity index is 1.65. The Morgan fingerprint density at radius 2 is 1.63 bits per heavy atom. The Morgan fingerprint density at radius 1 is 0.963 bits per heavy atom. The van der Waals surface area contributed by atoms with Crippen molar-refractivity contribution >= 4 is 34.8 Å². The van der Waals surface area contributed by atoms with Crippen LogP contribution in [0.3, 0.4) is 0 Å². The summed E-state index contributed by atoms with van der Waals surface area (Å²) in [4.78, 5) is 38.1. The molecule has 3 amide bonds. The molecule has 2 aromatic carbocycles. The second-order valence-electron chi connectivity index (χ2n) is 6.19. The van der Waals surface area contributed by atoms with Crippen molar-refractivity contribution in [3.63, 3.8) is 0 Å². The molecule has 0 saturated carbocycles. The Labute approximate surface area is 157 Å². The zero-order valence-electron chi connectivity index (χ0n) is 15.0. The minimum Gasteiger partial charge on any atom is -0.497 e. The van der Waals surface area contributed by atoms with E-state index in [0.717, 1.165) is 12.8 Å². The summed E-state index contributed by atoms with van der Waals surface area (Å²) in [6.45, 7) is 0.659. The SMILES string of the molecule is COc1cccc(NC(=O)C(=O)Nc2cccc(N3CCCCC3=O)c2)c1. The van der Waals surface area contributed by atoms with E-state index >= 15 is 0 Å². The number of carbonyl (C=O) groups excluding carboxylic acids is 3. The van der Waals surface area contributed by atoms with Crippen molar-refractivity contribution in [1.82, 2.24) is 0 Å². The van der Waals surface area contributed by atoms with Crippen LogP contribution in [-0.2, 0) is 14.4 Å². The van der Waals surface area contributed by atoms with E-state index in [-0.39, 0.29) is 5.91 Å². The molecule has 27 heavy (non-hydrogen) atoms. The number of methoxy groups -OCH3 is 1. The predicted molar refractivity (Wildman–Crippen MR) is 103 cm³/mol. The third-order valence-electron chi connectivity index (χ3n) is 4.27. The fourth-order valence-corrected chi connectivity index (χ4v) is 2.91. The van der Waals surface area contributed by atoms with E-state index in [1.807, 2.05) is 6.07 Å². The van der Waals surface area contributed by atoms with Gasteiger partial charge in [0.25, 0.3) is 0 Å². The number of amides is 3. The van der Waals surface area contributed by atoms with Crippen molar-refractivity contribution in [3.8, 4) is 5.75 Å². The molecule has 1 aliphatic heterocycles. The van der Waals surface area contributed by atoms with Gasteiger partial charge >= 0.3 is 11.8 Å². The molecule has 0 aliphatic carbocycles. The van der Waals surface area contributed by atoms with Crippen molar-refractivity contribution in [2.45, 2.75) is 19.3 Å². The number of anilines is 3. The smallest absolute Gasteiger partial charge is 0.314 e. The van der Waals surface area contributed by atoms with Gasteiger partial charge in [-0.25, -0.2) is 0 Å². The maximum absolute atomic E-state index is 12.2. The molecule has 0 bridgehead atoms. The number of benzene rings is 2. The number of piperidine rings is 1. The van der Waals surface area contributed by atoms with E-state index in [2.05, 4.69) is 10.6 Å². The molecular weight excluding hydrogens is 346 g/mol. The molecule has 1 heterocycles. The van der Waals surface area contributed by atoms with E-state index in [0.29, 0.717) is 35.8 Å². The average Bonchev–Trinajstić information content (AvgIpc) is 2.68. The summed E-state index contributed by atoms with van der Waals surface area (Å²) in [6, 6.07) is 13.7. The van der Waals surface area contributed by atoms with Crippen LogP contribution in [0, 0.1) is 0 Å². The Kier molecular flexibility index (Phi) is 5.71. The largest absolute Gasteiger partial charge is 0.497 e. The van der Waals surface area contributed by atoms with Crippen molar-refractivity contribution in [2.75, 3.05) is 29.2 Å². The molecule has 140 valence electrons. The van der Waals surface area contributed by atoms with E-state index in [1.54, 1.807) is 47.4 Å². The first-order valence-corrected chi connectivity index (χ1v) is 8.73. The van der Waals surface area contributed by atoms with Crippen LogP contribution >= 0.6 is 0 Å². The molecule has 0 unspecified atom stereocenters. The van der Waals surface area contributed by atoms with Gasteiger partial charge in [-0.3, -0.25) is 14.4 Å². The first-order valence-electron chi connectivity index (χ1n) is 8.73. The second-order valence-corrected chi connectivity index (χ2v) is 6.19. The number of nitrogens with one attached hydrogen (secondary N) is 2. The topological polar surface area (TPSA) is 87.7 Å². The summed E-state index contributed by atoms with van der Waals surface area (Å²) in [5, 5.41) is 5.09. The van der Waals surface area contributed by atoms with Gasteiger partial charge in [0.15, 0.2) is 0 Å². The third-order valence-corrected chi connectivity index (χ3v) is 4.27. The van der Waals surface area contributed by atoms with Crippen LogP contribution in [0.1, 0.15) is 19.3 Å². The number of hydrogen-bond donors (Lipinski definition) is 2. The fourth-order valence-electron chi connectivity index (χ4n) is 2.91. The molecule has 1 fully saturated rings. The molecule has 1 aliphatic rings. The lowest BCUT2D eigenvalue weighted by atomic mass is 10.1. The maximum Gasteiger partial charge on any atom is 0.314 e. The lowest BCUT2D eigenvalue weighted by Crippen LogP contribution is -2.35. The number of nitrogens with zero attached hydrogens (tertiary/aromatic N) is 1. The molecule has 0 spiro atoms. The first-order chi connectivity index (χ1) is 13.1. The number of rotatable bonds is 4. The Morgan fingerprint density at radius 3 is 2.30 bits per heavy atom. The van der Waals surface area contributed by atoms with Crippen LogP contribution in [0.2, 0.25) is 0 Å². The Bertz CT molecular complexity index is 866. The van der Waals surface area contributed by atoms with Crippen molar-refractivity contribution in [2.24, 2.45) is 0 Å². The van der Waals surface area contributed by atoms with E-state index in [4.69, 9.17) is 4.74 Å². The third kappa shape index (κ3) is 4.63. The summed E-state index contributed by atoms with van der Waals surface area (Å²) < 4.78 is 5.09. The molecule has 0 aromatic heterocycles. The number of ether oxygens (including phenoxy) is 1. The predicted octanol–water partition coefficient (Wildman–Crippen LogP) is 2.79. The van der Waals surface area contributed by atoms with E-state index in [9.17, 15) is 14.4 Å². The van der Waals surface area contributed by atoms with Gasteiger partial charge in [-0.05, 0) is 43.2 Å². The number of hydrogen-bond acceptors (Lipinski definition) is 4. The normalized spacial score (nSPS) is 13.8. The van der Waals surface area contributed by atoms with E-state index in [1.165, 1.54) is 7.11 Å². The molecule has 1 saturated heterocycles. The number of carbonyl (C=O) groups is 3. The van der Waals surface area contributed by atoms with E-state index < -0.39 is 11.8 Å². The summed E-state index contributed by atoms with van der Waals surface area (Å²) in [5.41, 5.74) is 1.63.